The van der Waals surface area contributed by atoms with Crippen LogP contribution in [0.3, 0.4) is 0 Å². The maximum absolute atomic E-state index is 14.3. The van der Waals surface area contributed by atoms with Crippen molar-refractivity contribution in [3.63, 3.8) is 0 Å². The summed E-state index contributed by atoms with van der Waals surface area (Å²) in [6.45, 7) is 6.95. The number of ether oxygens (including phenoxy) is 1. The van der Waals surface area contributed by atoms with Gasteiger partial charge in [-0.15, -0.1) is 68.0 Å². The van der Waals surface area contributed by atoms with Gasteiger partial charge in [0.2, 0.25) is 17.7 Å². The van der Waals surface area contributed by atoms with E-state index in [2.05, 4.69) is 31.6 Å². The minimum atomic E-state index is -1.26. The second-order valence-corrected chi connectivity index (χ2v) is 25.0. The van der Waals surface area contributed by atoms with Gasteiger partial charge in [-0.2, -0.15) is 0 Å². The lowest BCUT2D eigenvalue weighted by atomic mass is 9.90. The van der Waals surface area contributed by atoms with Crippen LogP contribution in [-0.2, 0) is 25.7 Å². The van der Waals surface area contributed by atoms with Crippen LogP contribution in [-0.4, -0.2) is 108 Å². The summed E-state index contributed by atoms with van der Waals surface area (Å²) in [5.41, 5.74) is 3.02. The lowest BCUT2D eigenvalue weighted by Gasteiger charge is -2.23. The summed E-state index contributed by atoms with van der Waals surface area (Å²) in [5, 5.41) is 44.7. The van der Waals surface area contributed by atoms with E-state index in [-0.39, 0.29) is 72.6 Å². The Hall–Kier alpha value is -6.95. The first-order valence-corrected chi connectivity index (χ1v) is 30.7. The average molecular weight is 1210 g/mol. The summed E-state index contributed by atoms with van der Waals surface area (Å²) < 4.78 is 5.47. The van der Waals surface area contributed by atoms with Crippen LogP contribution in [0.2, 0.25) is 0 Å². The van der Waals surface area contributed by atoms with Crippen molar-refractivity contribution in [2.45, 2.75) is 84.1 Å². The Morgan fingerprint density at radius 1 is 0.753 bits per heavy atom. The highest BCUT2D eigenvalue weighted by molar-refractivity contribution is 7.15. The first-order chi connectivity index (χ1) is 39.0. The molecule has 7 N–H and O–H groups in total. The number of anilines is 1. The van der Waals surface area contributed by atoms with Gasteiger partial charge >= 0.3 is 0 Å². The van der Waals surface area contributed by atoms with Crippen molar-refractivity contribution in [2.24, 2.45) is 11.8 Å². The number of aliphatic hydroxyl groups excluding tert-OH is 2. The fourth-order valence-electron chi connectivity index (χ4n) is 8.67. The fraction of sp³-hybridized carbons (Fsp3) is 0.352. The van der Waals surface area contributed by atoms with E-state index in [1.165, 1.54) is 82.2 Å². The molecular weight excluding hydrogens is 1150 g/mol. The zero-order valence-electron chi connectivity index (χ0n) is 44.6. The molecule has 8 heterocycles. The zero-order chi connectivity index (χ0) is 57.5. The maximum Gasteiger partial charge on any atom is 0.271 e. The van der Waals surface area contributed by atoms with Crippen molar-refractivity contribution in [2.75, 3.05) is 32.6 Å². The number of rotatable bonds is 13. The number of carbonyl (C=O) groups excluding carboxylic acids is 6. The predicted octanol–water partition coefficient (Wildman–Crippen LogP) is 8.54. The van der Waals surface area contributed by atoms with Crippen LogP contribution >= 0.6 is 68.0 Å². The molecule has 21 nitrogen and oxygen atoms in total. The third-order valence-electron chi connectivity index (χ3n) is 13.1. The number of nitrogens with one attached hydrogen (secondary N) is 5. The molecule has 0 aliphatic carbocycles. The molecule has 8 aromatic rings. The normalized spacial score (nSPS) is 17.0. The van der Waals surface area contributed by atoms with E-state index in [1.807, 2.05) is 19.9 Å². The highest BCUT2D eigenvalue weighted by atomic mass is 32.1. The highest BCUT2D eigenvalue weighted by Crippen LogP contribution is 2.41. The number of thiazole rings is 6. The van der Waals surface area contributed by atoms with Crippen LogP contribution in [0, 0.1) is 18.8 Å². The van der Waals surface area contributed by atoms with Crippen molar-refractivity contribution in [1.82, 2.24) is 56.2 Å². The lowest BCUT2D eigenvalue weighted by molar-refractivity contribution is -0.122. The molecule has 0 radical (unpaired) electrons. The van der Waals surface area contributed by atoms with Crippen LogP contribution in [0.4, 0.5) is 5.82 Å². The van der Waals surface area contributed by atoms with Crippen molar-refractivity contribution in [3.05, 3.63) is 111 Å². The summed E-state index contributed by atoms with van der Waals surface area (Å²) in [5.74, 6) is -3.37. The number of aliphatic hydroxyl groups is 2. The monoisotopic (exact) mass is 1210 g/mol. The number of pyridine rings is 1. The molecule has 1 aromatic carbocycles. The number of amides is 5. The number of ketones is 1. The third kappa shape index (κ3) is 13.7. The third-order valence-corrected chi connectivity index (χ3v) is 18.9. The standard InChI is InChI=1S/C54H56N12O9S6/c1-25(2)30-17-36(68)41-27(4)80-53(65-41)32(18-39(69)55-5)58-47(73)34-22-76-49(60-34)29-14-15-31(51-63-38(24-79-51)62-46(72)26(3)11-10-16-67)57-42(29)33-21-77-52(59-33)35-23-78-54(61-35)44(45(71)28-12-8-7-9-13-28)64-40(70)19-56-48(74)43-37(20-75-6)81-50(30)66-43/h7-9,12-15,21-26,30,32,44-45,67,71H,10-11,16-20H2,1-6H3,(H,55,69)(H,56,74)(H,58,73)(H,62,72)(H,64,70)/t26-,30-,32+,44+,45+/m1/s1. The van der Waals surface area contributed by atoms with E-state index in [0.29, 0.717) is 92.4 Å². The Balaban J connectivity index is 1.12. The van der Waals surface area contributed by atoms with Crippen LogP contribution in [0.5, 0.6) is 0 Å². The van der Waals surface area contributed by atoms with Gasteiger partial charge in [-0.3, -0.25) is 28.8 Å². The van der Waals surface area contributed by atoms with Gasteiger partial charge in [0, 0.05) is 71.0 Å². The second-order valence-electron chi connectivity index (χ2n) is 19.2. The number of carbonyl (C=O) groups is 6. The Kier molecular flexibility index (Phi) is 19.1. The SMILES string of the molecule is CNC(=O)C[C@@H]1NC(=O)c2csc(n2)-c2ccc(-c3nc(NC(=O)[C@H](C)CCCO)cs3)nc2-c2csc(n2)-c2csc(n2)[C@H]([C@@H](O)c2ccccc2)NC(=O)CNC(=O)c2nc(sc2COC)[C@@H](C(C)C)CC(=O)c2nc1sc2C. The smallest absolute Gasteiger partial charge is 0.271 e. The number of fused-ring (bicyclic) bond motifs is 14. The second kappa shape index (κ2) is 26.3. The van der Waals surface area contributed by atoms with Gasteiger partial charge < -0.3 is 41.5 Å². The maximum atomic E-state index is 14.3. The van der Waals surface area contributed by atoms with E-state index in [1.54, 1.807) is 71.8 Å². The Bertz CT molecular complexity index is 3590. The van der Waals surface area contributed by atoms with Crippen molar-refractivity contribution in [3.8, 4) is 43.4 Å². The molecule has 1 aliphatic rings. The molecular formula is C54H56N12O9S6. The Labute approximate surface area is 489 Å². The van der Waals surface area contributed by atoms with Gasteiger partial charge in [-0.05, 0) is 43.4 Å². The van der Waals surface area contributed by atoms with Crippen LogP contribution < -0.4 is 26.6 Å². The van der Waals surface area contributed by atoms with Gasteiger partial charge in [0.15, 0.2) is 5.78 Å². The van der Waals surface area contributed by atoms with Gasteiger partial charge in [-0.1, -0.05) is 51.1 Å². The predicted molar refractivity (Wildman–Crippen MR) is 312 cm³/mol. The van der Waals surface area contributed by atoms with Gasteiger partial charge in [-0.25, -0.2) is 34.9 Å². The molecule has 5 amide bonds. The number of aryl methyl sites for hydroxylation is 1. The van der Waals surface area contributed by atoms with Crippen molar-refractivity contribution < 1.29 is 43.7 Å². The molecule has 0 saturated carbocycles. The summed E-state index contributed by atoms with van der Waals surface area (Å²) in [4.78, 5) is 118. The average Bonchev–Trinajstić information content (AvgIpc) is 4.56. The molecule has 0 saturated heterocycles. The number of Topliss-reactive ketones (excluding diaryl/α,β-unsaturated/α-hetero) is 1. The first-order valence-electron chi connectivity index (χ1n) is 25.6. The van der Waals surface area contributed by atoms with Crippen LogP contribution in [0.15, 0.2) is 64.0 Å². The summed E-state index contributed by atoms with van der Waals surface area (Å²) >= 11 is 7.37. The first kappa shape index (κ1) is 58.7. The number of hydrogen-bond donors (Lipinski definition) is 7. The van der Waals surface area contributed by atoms with Gasteiger partial charge in [0.1, 0.15) is 77.2 Å². The van der Waals surface area contributed by atoms with E-state index in [4.69, 9.17) is 34.6 Å². The number of hydrogen-bond acceptors (Lipinski definition) is 22. The van der Waals surface area contributed by atoms with Gasteiger partial charge in [0.25, 0.3) is 11.8 Å². The van der Waals surface area contributed by atoms with Crippen molar-refractivity contribution >= 4 is 109 Å². The van der Waals surface area contributed by atoms with E-state index in [9.17, 15) is 39.0 Å². The van der Waals surface area contributed by atoms with Gasteiger partial charge in [0.05, 0.1) is 41.2 Å². The highest BCUT2D eigenvalue weighted by Gasteiger charge is 2.33. The number of methoxy groups -OCH3 is 1. The number of benzene rings is 1. The quantitative estimate of drug-likeness (QED) is 0.0569. The molecule has 0 fully saturated rings. The molecule has 422 valence electrons. The minimum absolute atomic E-state index is 0.0188. The van der Waals surface area contributed by atoms with Crippen LogP contribution in [0.25, 0.3) is 43.4 Å². The number of aromatic nitrogens is 7. The summed E-state index contributed by atoms with van der Waals surface area (Å²) in [6, 6.07) is 10.4. The topological polar surface area (TPSA) is 302 Å². The minimum Gasteiger partial charge on any atom is -0.396 e. The summed E-state index contributed by atoms with van der Waals surface area (Å²) in [7, 11) is 2.97. The molecule has 81 heavy (non-hydrogen) atoms. The zero-order valence-corrected chi connectivity index (χ0v) is 49.5. The number of nitrogens with zero attached hydrogens (tertiary/aromatic N) is 7. The van der Waals surface area contributed by atoms with E-state index < -0.39 is 48.4 Å². The Morgan fingerprint density at radius 2 is 1.47 bits per heavy atom. The molecule has 0 unspecified atom stereocenters. The molecule has 27 heteroatoms. The largest absolute Gasteiger partial charge is 0.396 e. The van der Waals surface area contributed by atoms with Crippen LogP contribution in [0.1, 0.15) is 132 Å². The lowest BCUT2D eigenvalue weighted by Crippen LogP contribution is -2.40. The van der Waals surface area contributed by atoms with Crippen molar-refractivity contribution in [1.29, 1.82) is 0 Å². The molecule has 7 aromatic heterocycles. The van der Waals surface area contributed by atoms with E-state index >= 15 is 0 Å². The Morgan fingerprint density at radius 3 is 2.22 bits per heavy atom. The molecule has 0 spiro atoms. The molecule has 1 aliphatic heterocycles. The molecule has 10 bridgehead atoms. The fourth-order valence-corrected chi connectivity index (χ4v) is 14.2. The molecule has 5 atom stereocenters. The van der Waals surface area contributed by atoms with E-state index in [0.717, 1.165) is 0 Å². The summed E-state index contributed by atoms with van der Waals surface area (Å²) in [6.07, 6.45) is -0.487. The molecule has 9 rings (SSSR count).